The number of nitrogens with one attached hydrogen (secondary N) is 2. The highest BCUT2D eigenvalue weighted by Crippen LogP contribution is 2.26. The molecule has 0 aliphatic heterocycles. The van der Waals surface area contributed by atoms with Crippen LogP contribution in [0.2, 0.25) is 0 Å². The van der Waals surface area contributed by atoms with Gasteiger partial charge in [0, 0.05) is 30.4 Å². The van der Waals surface area contributed by atoms with E-state index in [0.29, 0.717) is 16.6 Å². The molecule has 0 aliphatic rings. The fourth-order valence-corrected chi connectivity index (χ4v) is 2.75. The van der Waals surface area contributed by atoms with Gasteiger partial charge >= 0.3 is 0 Å². The van der Waals surface area contributed by atoms with E-state index in [1.807, 2.05) is 19.1 Å². The Balaban J connectivity index is 1.98. The molecule has 0 fully saturated rings. The summed E-state index contributed by atoms with van der Waals surface area (Å²) in [5.74, 6) is -0.944. The van der Waals surface area contributed by atoms with Gasteiger partial charge in [0.05, 0.1) is 5.52 Å². The standard InChI is InChI=1S/C19H19N3O3/c1-3-20-12-8-10-13(11-9-12)21-18(24)16-17(23)14-6-4-5-7-15(14)22(2)19(16)25/h4-11,20,23H,3H2,1-2H3,(H,21,24). The number of nitrogens with zero attached hydrogens (tertiary/aromatic N) is 1. The summed E-state index contributed by atoms with van der Waals surface area (Å²) in [6, 6.07) is 14.0. The Labute approximate surface area is 144 Å². The molecule has 1 heterocycles. The first-order chi connectivity index (χ1) is 12.0. The summed E-state index contributed by atoms with van der Waals surface area (Å²) < 4.78 is 1.36. The van der Waals surface area contributed by atoms with E-state index in [1.54, 1.807) is 43.4 Å². The quantitative estimate of drug-likeness (QED) is 0.683. The molecule has 0 bridgehead atoms. The largest absolute Gasteiger partial charge is 0.506 e. The topological polar surface area (TPSA) is 83.4 Å². The maximum atomic E-state index is 12.6. The highest BCUT2D eigenvalue weighted by atomic mass is 16.3. The number of aromatic nitrogens is 1. The molecular weight excluding hydrogens is 318 g/mol. The van der Waals surface area contributed by atoms with Gasteiger partial charge in [-0.3, -0.25) is 9.59 Å². The second-order valence-corrected chi connectivity index (χ2v) is 5.67. The number of para-hydroxylation sites is 1. The van der Waals surface area contributed by atoms with E-state index in [-0.39, 0.29) is 11.3 Å². The van der Waals surface area contributed by atoms with Gasteiger partial charge in [0.25, 0.3) is 11.5 Å². The molecule has 0 unspecified atom stereocenters. The van der Waals surface area contributed by atoms with Gasteiger partial charge in [0.15, 0.2) is 0 Å². The normalized spacial score (nSPS) is 10.6. The third-order valence-corrected chi connectivity index (χ3v) is 4.03. The number of pyridine rings is 1. The first-order valence-electron chi connectivity index (χ1n) is 7.99. The van der Waals surface area contributed by atoms with Crippen molar-refractivity contribution in [2.45, 2.75) is 6.92 Å². The number of hydrogen-bond donors (Lipinski definition) is 3. The van der Waals surface area contributed by atoms with E-state index in [9.17, 15) is 14.7 Å². The van der Waals surface area contributed by atoms with Crippen LogP contribution in [-0.4, -0.2) is 22.1 Å². The number of fused-ring (bicyclic) bond motifs is 1. The van der Waals surface area contributed by atoms with Crippen molar-refractivity contribution in [2.24, 2.45) is 7.05 Å². The van der Waals surface area contributed by atoms with Crippen molar-refractivity contribution < 1.29 is 9.90 Å². The Hall–Kier alpha value is -3.28. The van der Waals surface area contributed by atoms with Crippen molar-refractivity contribution in [1.82, 2.24) is 4.57 Å². The molecule has 0 radical (unpaired) electrons. The van der Waals surface area contributed by atoms with Crippen molar-refractivity contribution in [2.75, 3.05) is 17.2 Å². The number of benzene rings is 2. The Bertz CT molecular complexity index is 991. The molecular formula is C19H19N3O3. The molecule has 6 heteroatoms. The van der Waals surface area contributed by atoms with Gasteiger partial charge in [-0.1, -0.05) is 12.1 Å². The lowest BCUT2D eigenvalue weighted by Crippen LogP contribution is -2.28. The highest BCUT2D eigenvalue weighted by Gasteiger charge is 2.21. The van der Waals surface area contributed by atoms with Crippen LogP contribution in [0.5, 0.6) is 5.75 Å². The van der Waals surface area contributed by atoms with E-state index < -0.39 is 11.5 Å². The number of rotatable bonds is 4. The molecule has 25 heavy (non-hydrogen) atoms. The van der Waals surface area contributed by atoms with E-state index in [4.69, 9.17) is 0 Å². The van der Waals surface area contributed by atoms with Gasteiger partial charge < -0.3 is 20.3 Å². The maximum Gasteiger partial charge on any atom is 0.267 e. The first-order valence-corrected chi connectivity index (χ1v) is 7.99. The van der Waals surface area contributed by atoms with Crippen LogP contribution in [0.3, 0.4) is 0 Å². The Kier molecular flexibility index (Phi) is 4.43. The maximum absolute atomic E-state index is 12.6. The molecule has 0 aliphatic carbocycles. The summed E-state index contributed by atoms with van der Waals surface area (Å²) in [5, 5.41) is 16.7. The predicted molar refractivity (Wildman–Crippen MR) is 99.4 cm³/mol. The lowest BCUT2D eigenvalue weighted by Gasteiger charge is -2.12. The SMILES string of the molecule is CCNc1ccc(NC(=O)c2c(O)c3ccccc3n(C)c2=O)cc1. The minimum atomic E-state index is -0.639. The van der Waals surface area contributed by atoms with Gasteiger partial charge in [0.2, 0.25) is 0 Å². The zero-order chi connectivity index (χ0) is 18.0. The number of anilines is 2. The molecule has 128 valence electrons. The van der Waals surface area contributed by atoms with Crippen LogP contribution in [0.1, 0.15) is 17.3 Å². The third kappa shape index (κ3) is 3.06. The van der Waals surface area contributed by atoms with Crippen LogP contribution in [0.15, 0.2) is 53.3 Å². The smallest absolute Gasteiger partial charge is 0.267 e. The second kappa shape index (κ2) is 6.68. The number of hydrogen-bond acceptors (Lipinski definition) is 4. The van der Waals surface area contributed by atoms with Gasteiger partial charge in [-0.05, 0) is 43.3 Å². The summed E-state index contributed by atoms with van der Waals surface area (Å²) in [7, 11) is 1.58. The number of aryl methyl sites for hydroxylation is 1. The number of carbonyl (C=O) groups is 1. The average molecular weight is 337 g/mol. The number of amides is 1. The minimum absolute atomic E-state index is 0.267. The predicted octanol–water partition coefficient (Wildman–Crippen LogP) is 2.93. The molecule has 3 rings (SSSR count). The Morgan fingerprint density at radius 2 is 1.72 bits per heavy atom. The molecule has 3 aromatic rings. The molecule has 0 atom stereocenters. The molecule has 0 spiro atoms. The van der Waals surface area contributed by atoms with Crippen molar-refractivity contribution >= 4 is 28.2 Å². The van der Waals surface area contributed by atoms with Crippen molar-refractivity contribution in [3.05, 3.63) is 64.4 Å². The summed E-state index contributed by atoms with van der Waals surface area (Å²) in [5.41, 5.74) is 1.23. The van der Waals surface area contributed by atoms with Gasteiger partial charge in [0.1, 0.15) is 11.3 Å². The molecule has 6 nitrogen and oxygen atoms in total. The van der Waals surface area contributed by atoms with Crippen LogP contribution in [-0.2, 0) is 7.05 Å². The van der Waals surface area contributed by atoms with E-state index in [1.165, 1.54) is 4.57 Å². The van der Waals surface area contributed by atoms with Gasteiger partial charge in [-0.2, -0.15) is 0 Å². The third-order valence-electron chi connectivity index (χ3n) is 4.03. The van der Waals surface area contributed by atoms with Crippen molar-refractivity contribution in [1.29, 1.82) is 0 Å². The van der Waals surface area contributed by atoms with Crippen LogP contribution in [0.4, 0.5) is 11.4 Å². The van der Waals surface area contributed by atoms with E-state index in [2.05, 4.69) is 10.6 Å². The summed E-state index contributed by atoms with van der Waals surface area (Å²) in [4.78, 5) is 25.1. The Morgan fingerprint density at radius 1 is 1.08 bits per heavy atom. The van der Waals surface area contributed by atoms with E-state index in [0.717, 1.165) is 12.2 Å². The Morgan fingerprint density at radius 3 is 2.40 bits per heavy atom. The molecule has 0 saturated carbocycles. The van der Waals surface area contributed by atoms with E-state index >= 15 is 0 Å². The molecule has 1 amide bonds. The molecule has 1 aromatic heterocycles. The first kappa shape index (κ1) is 16.6. The minimum Gasteiger partial charge on any atom is -0.506 e. The second-order valence-electron chi connectivity index (χ2n) is 5.67. The summed E-state index contributed by atoms with van der Waals surface area (Å²) >= 11 is 0. The molecule has 0 saturated heterocycles. The number of carbonyl (C=O) groups excluding carboxylic acids is 1. The fourth-order valence-electron chi connectivity index (χ4n) is 2.75. The zero-order valence-corrected chi connectivity index (χ0v) is 14.0. The zero-order valence-electron chi connectivity index (χ0n) is 14.0. The van der Waals surface area contributed by atoms with Crippen LogP contribution < -0.4 is 16.2 Å². The van der Waals surface area contributed by atoms with Crippen LogP contribution in [0, 0.1) is 0 Å². The van der Waals surface area contributed by atoms with Gasteiger partial charge in [-0.25, -0.2) is 0 Å². The fraction of sp³-hybridized carbons (Fsp3) is 0.158. The summed E-state index contributed by atoms with van der Waals surface area (Å²) in [6.07, 6.45) is 0. The van der Waals surface area contributed by atoms with Gasteiger partial charge in [-0.15, -0.1) is 0 Å². The lowest BCUT2D eigenvalue weighted by atomic mass is 10.1. The van der Waals surface area contributed by atoms with Crippen LogP contribution >= 0.6 is 0 Å². The molecule has 3 N–H and O–H groups in total. The summed E-state index contributed by atoms with van der Waals surface area (Å²) in [6.45, 7) is 2.79. The average Bonchev–Trinajstić information content (AvgIpc) is 2.62. The highest BCUT2D eigenvalue weighted by molar-refractivity contribution is 6.09. The lowest BCUT2D eigenvalue weighted by molar-refractivity contribution is 0.102. The van der Waals surface area contributed by atoms with Crippen molar-refractivity contribution in [3.63, 3.8) is 0 Å². The monoisotopic (exact) mass is 337 g/mol. The van der Waals surface area contributed by atoms with Crippen molar-refractivity contribution in [3.8, 4) is 5.75 Å². The number of aromatic hydroxyl groups is 1. The van der Waals surface area contributed by atoms with Crippen LogP contribution in [0.25, 0.3) is 10.9 Å². The molecule has 2 aromatic carbocycles.